The average Bonchev–Trinajstić information content (AvgIpc) is 2.38. The highest BCUT2D eigenvalue weighted by molar-refractivity contribution is 8.00. The number of carbonyl (C=O) groups excluding carboxylic acids is 1. The molecule has 2 aromatic carbocycles. The van der Waals surface area contributed by atoms with E-state index in [1.807, 2.05) is 12.1 Å². The minimum atomic E-state index is -0.0643. The van der Waals surface area contributed by atoms with Gasteiger partial charge >= 0.3 is 0 Å². The fourth-order valence-electron chi connectivity index (χ4n) is 1.49. The molecule has 98 valence electrons. The Hall–Kier alpha value is -1.65. The van der Waals surface area contributed by atoms with Gasteiger partial charge in [-0.25, -0.2) is 0 Å². The number of carbonyl (C=O) groups is 1. The van der Waals surface area contributed by atoms with Crippen LogP contribution < -0.4 is 11.1 Å². The summed E-state index contributed by atoms with van der Waals surface area (Å²) in [6.07, 6.45) is 0. The Balaban J connectivity index is 1.86. The molecular weight excluding hydrogens is 280 g/mol. The molecule has 0 heterocycles. The number of thioether (sulfide) groups is 1. The topological polar surface area (TPSA) is 55.1 Å². The zero-order chi connectivity index (χ0) is 13.7. The number of halogens is 1. The van der Waals surface area contributed by atoms with Crippen LogP contribution in [0.3, 0.4) is 0 Å². The van der Waals surface area contributed by atoms with Gasteiger partial charge in [0.25, 0.3) is 0 Å². The lowest BCUT2D eigenvalue weighted by Crippen LogP contribution is -2.14. The summed E-state index contributed by atoms with van der Waals surface area (Å²) in [5.41, 5.74) is 6.98. The molecule has 0 aliphatic carbocycles. The first-order valence-corrected chi connectivity index (χ1v) is 7.03. The van der Waals surface area contributed by atoms with E-state index in [0.717, 1.165) is 4.90 Å². The van der Waals surface area contributed by atoms with Crippen molar-refractivity contribution in [2.24, 2.45) is 0 Å². The van der Waals surface area contributed by atoms with Gasteiger partial charge in [0, 0.05) is 21.3 Å². The molecule has 2 rings (SSSR count). The first-order chi connectivity index (χ1) is 9.13. The molecule has 3 N–H and O–H groups in total. The minimum Gasteiger partial charge on any atom is -0.399 e. The molecule has 0 saturated heterocycles. The van der Waals surface area contributed by atoms with Gasteiger partial charge < -0.3 is 11.1 Å². The molecule has 0 aliphatic rings. The maximum absolute atomic E-state index is 11.8. The van der Waals surface area contributed by atoms with Crippen molar-refractivity contribution in [1.82, 2.24) is 0 Å². The van der Waals surface area contributed by atoms with E-state index >= 15 is 0 Å². The van der Waals surface area contributed by atoms with Gasteiger partial charge in [-0.2, -0.15) is 0 Å². The predicted molar refractivity (Wildman–Crippen MR) is 81.7 cm³/mol. The summed E-state index contributed by atoms with van der Waals surface area (Å²) >= 11 is 7.25. The van der Waals surface area contributed by atoms with Gasteiger partial charge in [-0.1, -0.05) is 17.7 Å². The van der Waals surface area contributed by atoms with E-state index in [1.54, 1.807) is 36.4 Å². The van der Waals surface area contributed by atoms with Crippen molar-refractivity contribution in [2.75, 3.05) is 16.8 Å². The standard InChI is InChI=1S/C14H13ClN2OS/c15-10-4-6-13(7-5-10)19-9-14(18)17-12-3-1-2-11(16)8-12/h1-8H,9,16H2,(H,17,18). The summed E-state index contributed by atoms with van der Waals surface area (Å²) in [4.78, 5) is 12.8. The molecule has 0 unspecified atom stereocenters. The third kappa shape index (κ3) is 4.50. The smallest absolute Gasteiger partial charge is 0.234 e. The van der Waals surface area contributed by atoms with Gasteiger partial charge in [-0.15, -0.1) is 11.8 Å². The number of anilines is 2. The predicted octanol–water partition coefficient (Wildman–Crippen LogP) is 3.65. The number of benzene rings is 2. The quantitative estimate of drug-likeness (QED) is 0.668. The molecule has 0 saturated carbocycles. The van der Waals surface area contributed by atoms with Crippen LogP contribution in [0.2, 0.25) is 5.02 Å². The molecule has 0 bridgehead atoms. The second kappa shape index (κ2) is 6.50. The molecule has 19 heavy (non-hydrogen) atoms. The minimum absolute atomic E-state index is 0.0643. The number of nitrogen functional groups attached to an aromatic ring is 1. The number of nitrogens with two attached hydrogens (primary N) is 1. The first-order valence-electron chi connectivity index (χ1n) is 5.67. The van der Waals surface area contributed by atoms with E-state index in [1.165, 1.54) is 11.8 Å². The van der Waals surface area contributed by atoms with Gasteiger partial charge in [-0.05, 0) is 42.5 Å². The fourth-order valence-corrected chi connectivity index (χ4v) is 2.32. The van der Waals surface area contributed by atoms with Crippen LogP contribution >= 0.6 is 23.4 Å². The molecule has 0 aromatic heterocycles. The first kappa shape index (κ1) is 13.8. The van der Waals surface area contributed by atoms with Crippen molar-refractivity contribution >= 4 is 40.6 Å². The largest absolute Gasteiger partial charge is 0.399 e. The van der Waals surface area contributed by atoms with Crippen LogP contribution in [0.5, 0.6) is 0 Å². The Morgan fingerprint density at radius 2 is 1.95 bits per heavy atom. The second-order valence-corrected chi connectivity index (χ2v) is 5.40. The number of rotatable bonds is 4. The summed E-state index contributed by atoms with van der Waals surface area (Å²) in [6, 6.07) is 14.5. The molecule has 2 aromatic rings. The molecule has 3 nitrogen and oxygen atoms in total. The van der Waals surface area contributed by atoms with Crippen LogP contribution in [0.4, 0.5) is 11.4 Å². The molecule has 0 aliphatic heterocycles. The summed E-state index contributed by atoms with van der Waals surface area (Å²) in [7, 11) is 0. The lowest BCUT2D eigenvalue weighted by molar-refractivity contribution is -0.113. The van der Waals surface area contributed by atoms with E-state index in [9.17, 15) is 4.79 Å². The molecular formula is C14H13ClN2OS. The molecule has 0 radical (unpaired) electrons. The lowest BCUT2D eigenvalue weighted by atomic mass is 10.3. The average molecular weight is 293 g/mol. The maximum Gasteiger partial charge on any atom is 0.234 e. The van der Waals surface area contributed by atoms with Gasteiger partial charge in [0.1, 0.15) is 0 Å². The van der Waals surface area contributed by atoms with Gasteiger partial charge in [0.15, 0.2) is 0 Å². The van der Waals surface area contributed by atoms with Crippen molar-refractivity contribution in [2.45, 2.75) is 4.90 Å². The summed E-state index contributed by atoms with van der Waals surface area (Å²) in [5.74, 6) is 0.279. The summed E-state index contributed by atoms with van der Waals surface area (Å²) in [6.45, 7) is 0. The summed E-state index contributed by atoms with van der Waals surface area (Å²) < 4.78 is 0. The van der Waals surface area contributed by atoms with Crippen LogP contribution in [0.25, 0.3) is 0 Å². The van der Waals surface area contributed by atoms with E-state index in [2.05, 4.69) is 5.32 Å². The Morgan fingerprint density at radius 3 is 2.63 bits per heavy atom. The third-order valence-electron chi connectivity index (χ3n) is 2.35. The lowest BCUT2D eigenvalue weighted by Gasteiger charge is -2.06. The Labute approximate surface area is 121 Å². The van der Waals surface area contributed by atoms with Crippen molar-refractivity contribution in [1.29, 1.82) is 0 Å². The Bertz CT molecular complexity index is 572. The molecule has 0 fully saturated rings. The normalized spacial score (nSPS) is 10.2. The second-order valence-electron chi connectivity index (χ2n) is 3.92. The molecule has 5 heteroatoms. The monoisotopic (exact) mass is 292 g/mol. The maximum atomic E-state index is 11.8. The number of hydrogen-bond donors (Lipinski definition) is 2. The van der Waals surface area contributed by atoms with E-state index in [-0.39, 0.29) is 5.91 Å². The Morgan fingerprint density at radius 1 is 1.21 bits per heavy atom. The van der Waals surface area contributed by atoms with Crippen molar-refractivity contribution in [3.63, 3.8) is 0 Å². The van der Waals surface area contributed by atoms with Crippen LogP contribution in [-0.2, 0) is 4.79 Å². The SMILES string of the molecule is Nc1cccc(NC(=O)CSc2ccc(Cl)cc2)c1. The van der Waals surface area contributed by atoms with Crippen molar-refractivity contribution < 1.29 is 4.79 Å². The van der Waals surface area contributed by atoms with E-state index < -0.39 is 0 Å². The number of nitrogens with one attached hydrogen (secondary N) is 1. The molecule has 1 amide bonds. The van der Waals surface area contributed by atoms with Crippen LogP contribution in [0.1, 0.15) is 0 Å². The van der Waals surface area contributed by atoms with Crippen LogP contribution in [-0.4, -0.2) is 11.7 Å². The highest BCUT2D eigenvalue weighted by Gasteiger charge is 2.04. The third-order valence-corrected chi connectivity index (χ3v) is 3.62. The van der Waals surface area contributed by atoms with Crippen molar-refractivity contribution in [3.05, 3.63) is 53.6 Å². The van der Waals surface area contributed by atoms with Crippen LogP contribution in [0, 0.1) is 0 Å². The number of amides is 1. The van der Waals surface area contributed by atoms with Gasteiger partial charge in [-0.3, -0.25) is 4.79 Å². The fraction of sp³-hybridized carbons (Fsp3) is 0.0714. The molecule has 0 atom stereocenters. The highest BCUT2D eigenvalue weighted by Crippen LogP contribution is 2.20. The number of hydrogen-bond acceptors (Lipinski definition) is 3. The zero-order valence-electron chi connectivity index (χ0n) is 10.1. The highest BCUT2D eigenvalue weighted by atomic mass is 35.5. The van der Waals surface area contributed by atoms with Crippen molar-refractivity contribution in [3.8, 4) is 0 Å². The molecule has 0 spiro atoms. The van der Waals surface area contributed by atoms with Gasteiger partial charge in [0.2, 0.25) is 5.91 Å². The van der Waals surface area contributed by atoms with Gasteiger partial charge in [0.05, 0.1) is 5.75 Å². The van der Waals surface area contributed by atoms with E-state index in [0.29, 0.717) is 22.2 Å². The Kier molecular flexibility index (Phi) is 4.71. The summed E-state index contributed by atoms with van der Waals surface area (Å²) in [5, 5.41) is 3.49. The zero-order valence-corrected chi connectivity index (χ0v) is 11.7. The van der Waals surface area contributed by atoms with Crippen LogP contribution in [0.15, 0.2) is 53.4 Å². The van der Waals surface area contributed by atoms with E-state index in [4.69, 9.17) is 17.3 Å².